The van der Waals surface area contributed by atoms with E-state index in [0.717, 1.165) is 0 Å². The number of aliphatic hydroxyl groups excluding tert-OH is 1. The summed E-state index contributed by atoms with van der Waals surface area (Å²) in [6.07, 6.45) is 1.32. The molecule has 158 valence electrons. The molecule has 0 radical (unpaired) electrons. The minimum absolute atomic E-state index is 0.0725. The lowest BCUT2D eigenvalue weighted by atomic mass is 9.85. The van der Waals surface area contributed by atoms with Gasteiger partial charge in [0, 0.05) is 17.7 Å². The van der Waals surface area contributed by atoms with Crippen LogP contribution in [-0.2, 0) is 9.53 Å². The van der Waals surface area contributed by atoms with Crippen LogP contribution in [0.15, 0.2) is 34.5 Å². The highest BCUT2D eigenvalue weighted by atomic mass is 16.6. The topological polar surface area (TPSA) is 80.0 Å². The molecule has 0 aromatic carbocycles. The summed E-state index contributed by atoms with van der Waals surface area (Å²) in [5.41, 5.74) is -1.69. The third-order valence-corrected chi connectivity index (χ3v) is 4.17. The smallest absolute Gasteiger partial charge is 0.411 e. The Bertz CT molecular complexity index is 685. The van der Waals surface area contributed by atoms with Crippen molar-refractivity contribution in [3.8, 4) is 0 Å². The first kappa shape index (κ1) is 24.0. The van der Waals surface area contributed by atoms with Gasteiger partial charge in [-0.1, -0.05) is 26.8 Å². The first-order chi connectivity index (χ1) is 12.7. The average molecular weight is 394 g/mol. The molecule has 0 bridgehead atoms. The highest BCUT2D eigenvalue weighted by molar-refractivity contribution is 6.03. The number of hydrogen-bond acceptors (Lipinski definition) is 5. The zero-order valence-electron chi connectivity index (χ0n) is 18.6. The van der Waals surface area contributed by atoms with Crippen LogP contribution in [0.5, 0.6) is 0 Å². The maximum absolute atomic E-state index is 13.3. The first-order valence-corrected chi connectivity index (χ1v) is 9.67. The summed E-state index contributed by atoms with van der Waals surface area (Å²) in [7, 11) is 0. The summed E-state index contributed by atoms with van der Waals surface area (Å²) in [6.45, 7) is 16.4. The van der Waals surface area contributed by atoms with Gasteiger partial charge in [0.25, 0.3) is 0 Å². The summed E-state index contributed by atoms with van der Waals surface area (Å²) in [5, 5.41) is 10.8. The fourth-order valence-electron chi connectivity index (χ4n) is 3.02. The highest BCUT2D eigenvalue weighted by Gasteiger charge is 2.40. The Balaban J connectivity index is 3.22. The fourth-order valence-corrected chi connectivity index (χ4v) is 3.02. The quantitative estimate of drug-likeness (QED) is 0.667. The van der Waals surface area contributed by atoms with Gasteiger partial charge in [0.05, 0.1) is 6.26 Å². The highest BCUT2D eigenvalue weighted by Crippen LogP contribution is 2.32. The van der Waals surface area contributed by atoms with Crippen molar-refractivity contribution in [2.45, 2.75) is 86.1 Å². The van der Waals surface area contributed by atoms with Crippen molar-refractivity contribution in [2.24, 2.45) is 5.41 Å². The van der Waals surface area contributed by atoms with Gasteiger partial charge in [-0.05, 0) is 59.1 Å². The van der Waals surface area contributed by atoms with Crippen LogP contribution in [-0.4, -0.2) is 39.6 Å². The standard InChI is InChI=1S/C22H35NO5/c1-14(2)23(15(3)4)20(26)28-22(8,9)19(25)16(13-21(5,6)7)18(24)17-11-10-12-27-17/h10-15,18,24H,1-9H3/b16-13-. The molecule has 6 heteroatoms. The predicted molar refractivity (Wildman–Crippen MR) is 109 cm³/mol. The Morgan fingerprint density at radius 2 is 1.64 bits per heavy atom. The van der Waals surface area contributed by atoms with E-state index in [1.807, 2.05) is 48.5 Å². The second-order valence-corrected chi connectivity index (χ2v) is 9.19. The molecule has 1 aromatic rings. The number of nitrogens with zero attached hydrogens (tertiary/aromatic N) is 1. The minimum Gasteiger partial charge on any atom is -0.466 e. The van der Waals surface area contributed by atoms with E-state index in [1.54, 1.807) is 23.1 Å². The molecule has 0 spiro atoms. The summed E-state index contributed by atoms with van der Waals surface area (Å²) in [6, 6.07) is 3.10. The van der Waals surface area contributed by atoms with Crippen molar-refractivity contribution in [1.29, 1.82) is 0 Å². The number of ketones is 1. The maximum atomic E-state index is 13.3. The zero-order valence-corrected chi connectivity index (χ0v) is 18.6. The minimum atomic E-state index is -1.45. The number of furan rings is 1. The Hall–Kier alpha value is -2.08. The van der Waals surface area contributed by atoms with E-state index in [4.69, 9.17) is 9.15 Å². The largest absolute Gasteiger partial charge is 0.466 e. The lowest BCUT2D eigenvalue weighted by Crippen LogP contribution is -2.48. The van der Waals surface area contributed by atoms with E-state index in [2.05, 4.69) is 0 Å². The monoisotopic (exact) mass is 393 g/mol. The molecule has 1 amide bonds. The number of carbonyl (C=O) groups excluding carboxylic acids is 2. The average Bonchev–Trinajstić information content (AvgIpc) is 3.03. The number of hydrogen-bond donors (Lipinski definition) is 1. The molecule has 0 aliphatic rings. The molecule has 6 nitrogen and oxygen atoms in total. The van der Waals surface area contributed by atoms with Crippen LogP contribution in [0.3, 0.4) is 0 Å². The van der Waals surface area contributed by atoms with Crippen LogP contribution in [0, 0.1) is 5.41 Å². The molecule has 1 rings (SSSR count). The first-order valence-electron chi connectivity index (χ1n) is 9.67. The third kappa shape index (κ3) is 6.23. The van der Waals surface area contributed by atoms with Gasteiger partial charge >= 0.3 is 6.09 Å². The molecular weight excluding hydrogens is 358 g/mol. The lowest BCUT2D eigenvalue weighted by molar-refractivity contribution is -0.133. The van der Waals surface area contributed by atoms with Gasteiger partial charge < -0.3 is 19.2 Å². The van der Waals surface area contributed by atoms with Gasteiger partial charge in [-0.25, -0.2) is 4.79 Å². The Kier molecular flexibility index (Phi) is 7.66. The molecule has 1 atom stereocenters. The second-order valence-electron chi connectivity index (χ2n) is 9.19. The Morgan fingerprint density at radius 3 is 2.04 bits per heavy atom. The third-order valence-electron chi connectivity index (χ3n) is 4.17. The number of aliphatic hydroxyl groups is 1. The normalized spacial score (nSPS) is 14.4. The van der Waals surface area contributed by atoms with Crippen LogP contribution in [0.4, 0.5) is 4.79 Å². The van der Waals surface area contributed by atoms with E-state index in [-0.39, 0.29) is 28.8 Å². The molecular formula is C22H35NO5. The molecule has 1 aromatic heterocycles. The van der Waals surface area contributed by atoms with Gasteiger partial charge in [0.1, 0.15) is 11.9 Å². The number of Topliss-reactive ketones (excluding diaryl/α,β-unsaturated/α-hetero) is 1. The van der Waals surface area contributed by atoms with Crippen LogP contribution in [0.25, 0.3) is 0 Å². The van der Waals surface area contributed by atoms with Gasteiger partial charge in [-0.3, -0.25) is 4.79 Å². The van der Waals surface area contributed by atoms with Crippen molar-refractivity contribution >= 4 is 11.9 Å². The van der Waals surface area contributed by atoms with Gasteiger partial charge in [-0.2, -0.15) is 0 Å². The summed E-state index contributed by atoms with van der Waals surface area (Å²) < 4.78 is 10.9. The van der Waals surface area contributed by atoms with Crippen LogP contribution >= 0.6 is 0 Å². The number of rotatable bonds is 7. The van der Waals surface area contributed by atoms with Crippen molar-refractivity contribution in [2.75, 3.05) is 0 Å². The molecule has 0 aliphatic carbocycles. The van der Waals surface area contributed by atoms with Crippen molar-refractivity contribution in [3.63, 3.8) is 0 Å². The SMILES string of the molecule is CC(C)N(C(=O)OC(C)(C)C(=O)/C(=C\C(C)(C)C)C(O)c1ccco1)C(C)C. The van der Waals surface area contributed by atoms with Gasteiger partial charge in [-0.15, -0.1) is 0 Å². The molecule has 1 unspecified atom stereocenters. The van der Waals surface area contributed by atoms with E-state index >= 15 is 0 Å². The van der Waals surface area contributed by atoms with Crippen LogP contribution in [0.1, 0.15) is 74.2 Å². The van der Waals surface area contributed by atoms with Crippen LogP contribution in [0.2, 0.25) is 0 Å². The number of amides is 1. The lowest BCUT2D eigenvalue weighted by Gasteiger charge is -2.34. The van der Waals surface area contributed by atoms with E-state index in [1.165, 1.54) is 20.1 Å². The molecule has 1 heterocycles. The predicted octanol–water partition coefficient (Wildman–Crippen LogP) is 4.89. The zero-order chi connectivity index (χ0) is 21.9. The second kappa shape index (κ2) is 8.95. The number of ether oxygens (including phenoxy) is 1. The van der Waals surface area contributed by atoms with Crippen molar-refractivity contribution in [1.82, 2.24) is 4.90 Å². The van der Waals surface area contributed by atoms with Gasteiger partial charge in [0.2, 0.25) is 5.78 Å². The molecule has 28 heavy (non-hydrogen) atoms. The Morgan fingerprint density at radius 1 is 1.11 bits per heavy atom. The molecule has 0 saturated carbocycles. The van der Waals surface area contributed by atoms with E-state index in [9.17, 15) is 14.7 Å². The molecule has 0 saturated heterocycles. The van der Waals surface area contributed by atoms with Crippen molar-refractivity contribution in [3.05, 3.63) is 35.8 Å². The molecule has 0 aliphatic heterocycles. The van der Waals surface area contributed by atoms with Gasteiger partial charge in [0.15, 0.2) is 5.60 Å². The molecule has 1 N–H and O–H groups in total. The summed E-state index contributed by atoms with van der Waals surface area (Å²) in [5.74, 6) is -0.205. The van der Waals surface area contributed by atoms with Crippen molar-refractivity contribution < 1.29 is 23.8 Å². The fraction of sp³-hybridized carbons (Fsp3) is 0.636. The number of allylic oxidation sites excluding steroid dienone is 1. The Labute approximate surface area is 168 Å². The van der Waals surface area contributed by atoms with E-state index in [0.29, 0.717) is 0 Å². The van der Waals surface area contributed by atoms with Crippen LogP contribution < -0.4 is 0 Å². The summed E-state index contributed by atoms with van der Waals surface area (Å²) >= 11 is 0. The van der Waals surface area contributed by atoms with E-state index < -0.39 is 23.6 Å². The summed E-state index contributed by atoms with van der Waals surface area (Å²) in [4.78, 5) is 27.6. The molecule has 0 fully saturated rings. The number of carbonyl (C=O) groups is 2. The maximum Gasteiger partial charge on any atom is 0.411 e.